The van der Waals surface area contributed by atoms with Gasteiger partial charge < -0.3 is 14.5 Å². The first-order chi connectivity index (χ1) is 12.7. The molecular weight excluding hydrogens is 332 g/mol. The van der Waals surface area contributed by atoms with Crippen LogP contribution in [-0.2, 0) is 4.74 Å². The van der Waals surface area contributed by atoms with E-state index in [1.165, 1.54) is 0 Å². The number of likely N-dealkylation sites (tertiary alicyclic amines) is 1. The van der Waals surface area contributed by atoms with E-state index >= 15 is 0 Å². The van der Waals surface area contributed by atoms with Crippen molar-refractivity contribution in [2.75, 3.05) is 44.3 Å². The summed E-state index contributed by atoms with van der Waals surface area (Å²) in [6.45, 7) is 6.18. The van der Waals surface area contributed by atoms with Crippen LogP contribution in [0.1, 0.15) is 29.0 Å². The number of rotatable bonds is 2. The molecule has 0 radical (unpaired) electrons. The number of nitrogens with zero attached hydrogens (tertiary/aromatic N) is 5. The third kappa shape index (κ3) is 3.41. The van der Waals surface area contributed by atoms with Crippen LogP contribution < -0.4 is 4.90 Å². The predicted molar refractivity (Wildman–Crippen MR) is 96.0 cm³/mol. The predicted octanol–water partition coefficient (Wildman–Crippen LogP) is 1.27. The van der Waals surface area contributed by atoms with E-state index in [2.05, 4.69) is 25.1 Å². The number of ether oxygens (including phenoxy) is 1. The van der Waals surface area contributed by atoms with E-state index in [1.807, 2.05) is 17.9 Å². The third-order valence-corrected chi connectivity index (χ3v) is 5.15. The first-order valence-corrected chi connectivity index (χ1v) is 9.06. The highest BCUT2D eigenvalue weighted by Gasteiger charge is 2.41. The molecule has 8 nitrogen and oxygen atoms in total. The highest BCUT2D eigenvalue weighted by molar-refractivity contribution is 5.92. The molecule has 2 aliphatic rings. The molecule has 4 heterocycles. The monoisotopic (exact) mass is 356 g/mol. The Labute approximate surface area is 152 Å². The topological polar surface area (TPSA) is 87.2 Å². The number of aromatic nitrogens is 4. The Kier molecular flexibility index (Phi) is 4.58. The van der Waals surface area contributed by atoms with Crippen LogP contribution in [0.5, 0.6) is 0 Å². The van der Waals surface area contributed by atoms with Crippen molar-refractivity contribution in [2.24, 2.45) is 5.41 Å². The van der Waals surface area contributed by atoms with E-state index in [1.54, 1.807) is 18.5 Å². The number of piperidine rings is 1. The molecule has 0 aliphatic carbocycles. The average Bonchev–Trinajstić information content (AvgIpc) is 3.00. The number of nitrogens with one attached hydrogen (secondary N) is 1. The van der Waals surface area contributed by atoms with Gasteiger partial charge >= 0.3 is 0 Å². The molecule has 1 N–H and O–H groups in total. The van der Waals surface area contributed by atoms with Crippen molar-refractivity contribution in [3.8, 4) is 0 Å². The van der Waals surface area contributed by atoms with Gasteiger partial charge in [0, 0.05) is 49.7 Å². The number of carbonyl (C=O) groups is 1. The minimum absolute atomic E-state index is 0.0137. The fourth-order valence-electron chi connectivity index (χ4n) is 3.94. The summed E-state index contributed by atoms with van der Waals surface area (Å²) < 4.78 is 5.92. The summed E-state index contributed by atoms with van der Waals surface area (Å²) in [6.07, 6.45) is 5.51. The molecule has 8 heteroatoms. The minimum atomic E-state index is -0.102. The van der Waals surface area contributed by atoms with Gasteiger partial charge in [-0.3, -0.25) is 9.89 Å². The van der Waals surface area contributed by atoms with Crippen LogP contribution in [0.25, 0.3) is 0 Å². The zero-order valence-electron chi connectivity index (χ0n) is 15.0. The molecule has 0 bridgehead atoms. The van der Waals surface area contributed by atoms with E-state index in [0.29, 0.717) is 25.5 Å². The van der Waals surface area contributed by atoms with E-state index in [9.17, 15) is 4.79 Å². The van der Waals surface area contributed by atoms with Crippen molar-refractivity contribution >= 4 is 11.9 Å². The van der Waals surface area contributed by atoms with Crippen molar-refractivity contribution in [2.45, 2.75) is 19.8 Å². The molecule has 2 saturated heterocycles. The Bertz CT molecular complexity index is 764. The van der Waals surface area contributed by atoms with Gasteiger partial charge in [-0.1, -0.05) is 0 Å². The molecule has 1 atom stereocenters. The maximum absolute atomic E-state index is 12.8. The van der Waals surface area contributed by atoms with Gasteiger partial charge in [-0.2, -0.15) is 5.10 Å². The first kappa shape index (κ1) is 17.0. The molecule has 0 aromatic carbocycles. The lowest BCUT2D eigenvalue weighted by atomic mass is 9.80. The van der Waals surface area contributed by atoms with Crippen LogP contribution in [0.2, 0.25) is 0 Å². The first-order valence-electron chi connectivity index (χ1n) is 9.06. The average molecular weight is 356 g/mol. The summed E-state index contributed by atoms with van der Waals surface area (Å²) in [7, 11) is 0. The summed E-state index contributed by atoms with van der Waals surface area (Å²) in [5.41, 5.74) is 1.28. The zero-order valence-corrected chi connectivity index (χ0v) is 15.0. The fraction of sp³-hybridized carbons (Fsp3) is 0.556. The standard InChI is InChI=1S/C18H24N6O2/c1-14-10-15(22-21-14)16(25)23-7-2-4-18(11-23)12-24(8-9-26-13-18)17-19-5-3-6-20-17/h3,5-6,10H,2,4,7-9,11-13H2,1H3,(H,21,22)/t18-/m1/s1. The van der Waals surface area contributed by atoms with Crippen molar-refractivity contribution < 1.29 is 9.53 Å². The largest absolute Gasteiger partial charge is 0.379 e. The van der Waals surface area contributed by atoms with Crippen LogP contribution in [0.3, 0.4) is 0 Å². The second kappa shape index (κ2) is 7.03. The van der Waals surface area contributed by atoms with Crippen molar-refractivity contribution in [1.82, 2.24) is 25.1 Å². The number of hydrogen-bond donors (Lipinski definition) is 1. The van der Waals surface area contributed by atoms with Gasteiger partial charge in [-0.05, 0) is 31.9 Å². The number of amides is 1. The SMILES string of the molecule is Cc1cc(C(=O)N2CCC[C@@]3(COCCN(c4ncccn4)C3)C2)n[nH]1. The maximum Gasteiger partial charge on any atom is 0.274 e. The molecule has 26 heavy (non-hydrogen) atoms. The van der Waals surface area contributed by atoms with Crippen LogP contribution in [0.4, 0.5) is 5.95 Å². The molecule has 138 valence electrons. The number of hydrogen-bond acceptors (Lipinski definition) is 6. The zero-order chi connectivity index (χ0) is 18.0. The molecule has 1 amide bonds. The number of anilines is 1. The molecule has 2 fully saturated rings. The van der Waals surface area contributed by atoms with Gasteiger partial charge in [-0.25, -0.2) is 9.97 Å². The number of carbonyl (C=O) groups excluding carboxylic acids is 1. The summed E-state index contributed by atoms with van der Waals surface area (Å²) in [5, 5.41) is 6.98. The Hall–Kier alpha value is -2.48. The lowest BCUT2D eigenvalue weighted by Crippen LogP contribution is -2.52. The summed E-state index contributed by atoms with van der Waals surface area (Å²) >= 11 is 0. The second-order valence-corrected chi connectivity index (χ2v) is 7.29. The third-order valence-electron chi connectivity index (χ3n) is 5.15. The lowest BCUT2D eigenvalue weighted by Gasteiger charge is -2.43. The van der Waals surface area contributed by atoms with E-state index in [0.717, 1.165) is 44.1 Å². The Morgan fingerprint density at radius 2 is 2.12 bits per heavy atom. The van der Waals surface area contributed by atoms with E-state index in [-0.39, 0.29) is 11.3 Å². The van der Waals surface area contributed by atoms with E-state index < -0.39 is 0 Å². The van der Waals surface area contributed by atoms with Gasteiger partial charge in [0.25, 0.3) is 5.91 Å². The van der Waals surface area contributed by atoms with E-state index in [4.69, 9.17) is 4.74 Å². The molecule has 0 unspecified atom stereocenters. The van der Waals surface area contributed by atoms with Crippen molar-refractivity contribution in [1.29, 1.82) is 0 Å². The molecule has 0 saturated carbocycles. The second-order valence-electron chi connectivity index (χ2n) is 7.29. The van der Waals surface area contributed by atoms with Gasteiger partial charge in [0.15, 0.2) is 0 Å². The number of H-pyrrole nitrogens is 1. The fourth-order valence-corrected chi connectivity index (χ4v) is 3.94. The van der Waals surface area contributed by atoms with Gasteiger partial charge in [0.1, 0.15) is 5.69 Å². The highest BCUT2D eigenvalue weighted by Crippen LogP contribution is 2.34. The summed E-state index contributed by atoms with van der Waals surface area (Å²) in [6, 6.07) is 3.62. The highest BCUT2D eigenvalue weighted by atomic mass is 16.5. The molecule has 1 spiro atoms. The van der Waals surface area contributed by atoms with Crippen LogP contribution >= 0.6 is 0 Å². The van der Waals surface area contributed by atoms with Gasteiger partial charge in [0.2, 0.25) is 5.95 Å². The van der Waals surface area contributed by atoms with Gasteiger partial charge in [-0.15, -0.1) is 0 Å². The van der Waals surface area contributed by atoms with Crippen LogP contribution in [0.15, 0.2) is 24.5 Å². The molecule has 4 rings (SSSR count). The van der Waals surface area contributed by atoms with Crippen molar-refractivity contribution in [3.05, 3.63) is 35.9 Å². The van der Waals surface area contributed by atoms with Crippen molar-refractivity contribution in [3.63, 3.8) is 0 Å². The summed E-state index contributed by atoms with van der Waals surface area (Å²) in [5.74, 6) is 0.712. The quantitative estimate of drug-likeness (QED) is 0.872. The molecule has 2 aromatic rings. The van der Waals surface area contributed by atoms with Crippen LogP contribution in [0, 0.1) is 12.3 Å². The molecule has 2 aliphatic heterocycles. The number of aryl methyl sites for hydroxylation is 1. The maximum atomic E-state index is 12.8. The Morgan fingerprint density at radius 3 is 2.88 bits per heavy atom. The van der Waals surface area contributed by atoms with Crippen LogP contribution in [-0.4, -0.2) is 70.4 Å². The molecule has 2 aromatic heterocycles. The number of aromatic amines is 1. The summed E-state index contributed by atoms with van der Waals surface area (Å²) in [4.78, 5) is 25.7. The normalized spacial score (nSPS) is 23.9. The Balaban J connectivity index is 1.53. The molecular formula is C18H24N6O2. The smallest absolute Gasteiger partial charge is 0.274 e. The Morgan fingerprint density at radius 1 is 1.27 bits per heavy atom. The minimum Gasteiger partial charge on any atom is -0.379 e. The lowest BCUT2D eigenvalue weighted by molar-refractivity contribution is 0.0132. The van der Waals surface area contributed by atoms with Gasteiger partial charge in [0.05, 0.1) is 13.2 Å².